The highest BCUT2D eigenvalue weighted by molar-refractivity contribution is 7.93. The van der Waals surface area contributed by atoms with Crippen molar-refractivity contribution < 1.29 is 13.2 Å². The highest BCUT2D eigenvalue weighted by Gasteiger charge is 2.35. The number of para-hydroxylation sites is 1. The van der Waals surface area contributed by atoms with Gasteiger partial charge in [-0.3, -0.25) is 9.10 Å². The molecule has 3 aromatic carbocycles. The number of sulfonamides is 1. The SMILES string of the molecule is CC(C)c1ccccc1NC(=O)CCCN1c2cccc3cccc(c23)S1(=O)=O. The van der Waals surface area contributed by atoms with E-state index >= 15 is 0 Å². The average Bonchev–Trinajstić information content (AvgIpc) is 2.91. The molecule has 3 aromatic rings. The van der Waals surface area contributed by atoms with Gasteiger partial charge in [0.25, 0.3) is 10.0 Å². The Bertz CT molecular complexity index is 1180. The number of carbonyl (C=O) groups excluding carboxylic acids is 1. The molecule has 1 heterocycles. The molecule has 0 aromatic heterocycles. The fourth-order valence-corrected chi connectivity index (χ4v) is 5.66. The van der Waals surface area contributed by atoms with Gasteiger partial charge in [-0.05, 0) is 41.5 Å². The predicted octanol–water partition coefficient (Wildman–Crippen LogP) is 4.89. The molecule has 1 N–H and O–H groups in total. The van der Waals surface area contributed by atoms with Crippen LogP contribution in [0.3, 0.4) is 0 Å². The van der Waals surface area contributed by atoms with E-state index in [1.807, 2.05) is 48.5 Å². The van der Waals surface area contributed by atoms with Crippen LogP contribution in [-0.4, -0.2) is 20.9 Å². The Balaban J connectivity index is 1.46. The molecule has 0 bridgehead atoms. The van der Waals surface area contributed by atoms with Gasteiger partial charge >= 0.3 is 0 Å². The van der Waals surface area contributed by atoms with Crippen molar-refractivity contribution in [2.75, 3.05) is 16.2 Å². The van der Waals surface area contributed by atoms with Crippen molar-refractivity contribution in [3.63, 3.8) is 0 Å². The number of benzene rings is 3. The molecule has 150 valence electrons. The van der Waals surface area contributed by atoms with Crippen LogP contribution in [0.2, 0.25) is 0 Å². The second kappa shape index (κ2) is 7.52. The number of nitrogens with one attached hydrogen (secondary N) is 1. The lowest BCUT2D eigenvalue weighted by Crippen LogP contribution is -2.29. The maximum atomic E-state index is 13.0. The molecular formula is C23H24N2O3S. The molecule has 1 aliphatic rings. The molecule has 0 fully saturated rings. The van der Waals surface area contributed by atoms with Gasteiger partial charge in [-0.15, -0.1) is 0 Å². The Morgan fingerprint density at radius 1 is 1.00 bits per heavy atom. The predicted molar refractivity (Wildman–Crippen MR) is 117 cm³/mol. The highest BCUT2D eigenvalue weighted by Crippen LogP contribution is 2.42. The summed E-state index contributed by atoms with van der Waals surface area (Å²) in [5.74, 6) is 0.200. The fraction of sp³-hybridized carbons (Fsp3) is 0.261. The van der Waals surface area contributed by atoms with Crippen LogP contribution in [0.1, 0.15) is 38.2 Å². The highest BCUT2D eigenvalue weighted by atomic mass is 32.2. The van der Waals surface area contributed by atoms with Crippen molar-refractivity contribution in [1.29, 1.82) is 0 Å². The van der Waals surface area contributed by atoms with E-state index in [4.69, 9.17) is 0 Å². The molecule has 5 nitrogen and oxygen atoms in total. The standard InChI is InChI=1S/C23H24N2O3S/c1-16(2)18-10-3-4-11-19(18)24-22(26)14-7-15-25-20-12-5-8-17-9-6-13-21(23(17)20)29(25,27)28/h3-6,8-13,16H,7,14-15H2,1-2H3,(H,24,26). The second-order valence-electron chi connectivity index (χ2n) is 7.60. The van der Waals surface area contributed by atoms with Crippen LogP contribution in [-0.2, 0) is 14.8 Å². The van der Waals surface area contributed by atoms with Crippen LogP contribution < -0.4 is 9.62 Å². The minimum atomic E-state index is -3.57. The molecule has 0 aliphatic carbocycles. The smallest absolute Gasteiger partial charge is 0.265 e. The van der Waals surface area contributed by atoms with Crippen molar-refractivity contribution in [3.8, 4) is 0 Å². The van der Waals surface area contributed by atoms with Crippen LogP contribution in [0.4, 0.5) is 11.4 Å². The summed E-state index contributed by atoms with van der Waals surface area (Å²) in [5.41, 5.74) is 2.60. The summed E-state index contributed by atoms with van der Waals surface area (Å²) < 4.78 is 27.4. The summed E-state index contributed by atoms with van der Waals surface area (Å²) in [7, 11) is -3.57. The van der Waals surface area contributed by atoms with E-state index in [-0.39, 0.29) is 18.9 Å². The molecule has 6 heteroatoms. The summed E-state index contributed by atoms with van der Waals surface area (Å²) in [6, 6.07) is 18.7. The lowest BCUT2D eigenvalue weighted by atomic mass is 10.0. The lowest BCUT2D eigenvalue weighted by molar-refractivity contribution is -0.116. The zero-order valence-corrected chi connectivity index (χ0v) is 17.4. The Kier molecular flexibility index (Phi) is 5.04. The van der Waals surface area contributed by atoms with Crippen molar-refractivity contribution in [1.82, 2.24) is 0 Å². The maximum absolute atomic E-state index is 13.0. The van der Waals surface area contributed by atoms with Gasteiger partial charge in [0, 0.05) is 24.0 Å². The third-order valence-corrected chi connectivity index (χ3v) is 7.16. The van der Waals surface area contributed by atoms with E-state index in [1.165, 1.54) is 4.31 Å². The number of hydrogen-bond donors (Lipinski definition) is 1. The van der Waals surface area contributed by atoms with Gasteiger partial charge in [-0.25, -0.2) is 8.42 Å². The molecule has 0 saturated carbocycles. The Morgan fingerprint density at radius 3 is 2.48 bits per heavy atom. The van der Waals surface area contributed by atoms with Crippen molar-refractivity contribution in [3.05, 3.63) is 66.2 Å². The average molecular weight is 409 g/mol. The Labute approximate surface area is 171 Å². The second-order valence-corrected chi connectivity index (χ2v) is 9.43. The molecule has 0 saturated heterocycles. The summed E-state index contributed by atoms with van der Waals surface area (Å²) in [6.45, 7) is 4.44. The molecular weight excluding hydrogens is 384 g/mol. The fourth-order valence-electron chi connectivity index (χ4n) is 3.91. The van der Waals surface area contributed by atoms with E-state index in [2.05, 4.69) is 19.2 Å². The van der Waals surface area contributed by atoms with Crippen molar-refractivity contribution in [2.45, 2.75) is 37.5 Å². The first kappa shape index (κ1) is 19.5. The Morgan fingerprint density at radius 2 is 1.72 bits per heavy atom. The van der Waals surface area contributed by atoms with E-state index in [0.29, 0.717) is 22.9 Å². The number of nitrogens with zero attached hydrogens (tertiary/aromatic N) is 1. The molecule has 0 spiro atoms. The third-order valence-electron chi connectivity index (χ3n) is 5.30. The molecule has 29 heavy (non-hydrogen) atoms. The third kappa shape index (κ3) is 3.49. The summed E-state index contributed by atoms with van der Waals surface area (Å²) in [6.07, 6.45) is 0.698. The van der Waals surface area contributed by atoms with Gasteiger partial charge in [0.2, 0.25) is 5.91 Å². The molecule has 1 amide bonds. The van der Waals surface area contributed by atoms with Gasteiger partial charge in [0.05, 0.1) is 10.6 Å². The number of anilines is 2. The normalized spacial score (nSPS) is 14.5. The largest absolute Gasteiger partial charge is 0.326 e. The van der Waals surface area contributed by atoms with E-state index < -0.39 is 10.0 Å². The lowest BCUT2D eigenvalue weighted by Gasteiger charge is -2.19. The number of rotatable bonds is 6. The van der Waals surface area contributed by atoms with Gasteiger partial charge in [0.15, 0.2) is 0 Å². The van der Waals surface area contributed by atoms with Crippen LogP contribution in [0.15, 0.2) is 65.6 Å². The minimum absolute atomic E-state index is 0.106. The van der Waals surface area contributed by atoms with Crippen LogP contribution in [0, 0.1) is 0 Å². The summed E-state index contributed by atoms with van der Waals surface area (Å²) in [4.78, 5) is 12.8. The van der Waals surface area contributed by atoms with E-state index in [9.17, 15) is 13.2 Å². The van der Waals surface area contributed by atoms with Gasteiger partial charge in [-0.1, -0.05) is 56.3 Å². The summed E-state index contributed by atoms with van der Waals surface area (Å²) in [5, 5.41) is 4.65. The number of carbonyl (C=O) groups is 1. The minimum Gasteiger partial charge on any atom is -0.326 e. The summed E-state index contributed by atoms with van der Waals surface area (Å²) >= 11 is 0. The maximum Gasteiger partial charge on any atom is 0.265 e. The molecule has 0 radical (unpaired) electrons. The number of amides is 1. The zero-order chi connectivity index (χ0) is 20.6. The van der Waals surface area contributed by atoms with Gasteiger partial charge < -0.3 is 5.32 Å². The van der Waals surface area contributed by atoms with Crippen LogP contribution >= 0.6 is 0 Å². The topological polar surface area (TPSA) is 66.5 Å². The van der Waals surface area contributed by atoms with Gasteiger partial charge in [0.1, 0.15) is 0 Å². The zero-order valence-electron chi connectivity index (χ0n) is 16.6. The monoisotopic (exact) mass is 408 g/mol. The Hall–Kier alpha value is -2.86. The number of hydrogen-bond acceptors (Lipinski definition) is 3. The van der Waals surface area contributed by atoms with Crippen LogP contribution in [0.5, 0.6) is 0 Å². The van der Waals surface area contributed by atoms with Gasteiger partial charge in [-0.2, -0.15) is 0 Å². The first-order valence-corrected chi connectivity index (χ1v) is 11.3. The van der Waals surface area contributed by atoms with Crippen LogP contribution in [0.25, 0.3) is 10.8 Å². The molecule has 4 rings (SSSR count). The van der Waals surface area contributed by atoms with E-state index in [1.54, 1.807) is 12.1 Å². The molecule has 1 aliphatic heterocycles. The first-order chi connectivity index (χ1) is 13.9. The quantitative estimate of drug-likeness (QED) is 0.631. The first-order valence-electron chi connectivity index (χ1n) is 9.83. The molecule has 0 unspecified atom stereocenters. The van der Waals surface area contributed by atoms with Crippen molar-refractivity contribution in [2.24, 2.45) is 0 Å². The van der Waals surface area contributed by atoms with Crippen molar-refractivity contribution >= 4 is 38.1 Å². The molecule has 0 atom stereocenters. The van der Waals surface area contributed by atoms with E-state index in [0.717, 1.165) is 22.0 Å².